The molecule has 1 aromatic rings. The molecule has 45 heavy (non-hydrogen) atoms. The van der Waals surface area contributed by atoms with Gasteiger partial charge in [-0.3, -0.25) is 0 Å². The molecule has 0 aliphatic heterocycles. The van der Waals surface area contributed by atoms with Gasteiger partial charge in [-0.2, -0.15) is 0 Å². The van der Waals surface area contributed by atoms with Crippen LogP contribution in [-0.2, 0) is 24.6 Å². The number of hydrogen-bond acceptors (Lipinski definition) is 2. The highest BCUT2D eigenvalue weighted by atomic mass is 32.9. The van der Waals surface area contributed by atoms with E-state index in [2.05, 4.69) is 32.0 Å². The summed E-state index contributed by atoms with van der Waals surface area (Å²) in [5, 5.41) is 0. The molecule has 5 heteroatoms. The first-order valence-electron chi connectivity index (χ1n) is 19.8. The Morgan fingerprint density at radius 3 is 1.11 bits per heavy atom. The van der Waals surface area contributed by atoms with E-state index >= 15 is 0 Å². The largest absolute Gasteiger partial charge is 0.337 e. The Morgan fingerprint density at radius 2 is 0.778 bits per heavy atom. The molecule has 0 aliphatic rings. The maximum atomic E-state index is 10.1. The first-order chi connectivity index (χ1) is 22.0. The van der Waals surface area contributed by atoms with E-state index in [9.17, 15) is 9.79 Å². The van der Waals surface area contributed by atoms with E-state index in [1.165, 1.54) is 204 Å². The zero-order valence-corrected chi connectivity index (χ0v) is 32.5. The molecule has 2 N–H and O–H groups in total. The summed E-state index contributed by atoms with van der Waals surface area (Å²) in [5.74, 6) is 0. The molecule has 0 radical (unpaired) electrons. The number of hydrogen-bond donors (Lipinski definition) is 2. The summed E-state index contributed by atoms with van der Waals surface area (Å²) in [5.41, 5.74) is -0.764. The average molecular weight is 683 g/mol. The second-order valence-electron chi connectivity index (χ2n) is 13.9. The summed E-state index contributed by atoms with van der Waals surface area (Å²) in [4.78, 5) is 21.1. The maximum Gasteiger partial charge on any atom is 0.246 e. The molecule has 0 fully saturated rings. The lowest BCUT2D eigenvalue weighted by molar-refractivity contribution is 0.502. The Kier molecular flexibility index (Phi) is 30.1. The maximum absolute atomic E-state index is 10.1. The van der Waals surface area contributed by atoms with Gasteiger partial charge < -0.3 is 9.79 Å². The SMILES string of the molecule is CCCCCCCCCCCCCCCCCc1ccc(CCCCCCCCCCCCCCCCC)c(SP(O)(O)=S)c1. The van der Waals surface area contributed by atoms with Gasteiger partial charge in [-0.1, -0.05) is 206 Å². The van der Waals surface area contributed by atoms with E-state index in [1.54, 1.807) is 0 Å². The lowest BCUT2D eigenvalue weighted by Crippen LogP contribution is -1.94. The van der Waals surface area contributed by atoms with Crippen LogP contribution in [0.2, 0.25) is 0 Å². The van der Waals surface area contributed by atoms with Gasteiger partial charge in [0, 0.05) is 4.90 Å². The Hall–Kier alpha value is 0.140. The van der Waals surface area contributed by atoms with Crippen molar-refractivity contribution in [3.8, 4) is 0 Å². The van der Waals surface area contributed by atoms with E-state index in [-0.39, 0.29) is 0 Å². The smallest absolute Gasteiger partial charge is 0.246 e. The van der Waals surface area contributed by atoms with E-state index in [4.69, 9.17) is 11.8 Å². The third-order valence-corrected chi connectivity index (χ3v) is 12.3. The van der Waals surface area contributed by atoms with Gasteiger partial charge in [-0.15, -0.1) is 0 Å². The molecular formula is C40H75O2PS2. The topological polar surface area (TPSA) is 40.5 Å². The van der Waals surface area contributed by atoms with Gasteiger partial charge in [0.15, 0.2) is 0 Å². The van der Waals surface area contributed by atoms with Crippen molar-refractivity contribution in [1.82, 2.24) is 0 Å². The molecule has 1 rings (SSSR count). The van der Waals surface area contributed by atoms with E-state index < -0.39 is 5.69 Å². The van der Waals surface area contributed by atoms with Crippen LogP contribution in [0, 0.1) is 0 Å². The first kappa shape index (κ1) is 43.2. The van der Waals surface area contributed by atoms with Crippen molar-refractivity contribution in [2.45, 2.75) is 224 Å². The molecule has 0 heterocycles. The van der Waals surface area contributed by atoms with Gasteiger partial charge in [0.2, 0.25) is 5.69 Å². The molecule has 0 aromatic heterocycles. The van der Waals surface area contributed by atoms with Gasteiger partial charge in [0.25, 0.3) is 0 Å². The summed E-state index contributed by atoms with van der Waals surface area (Å²) in [6, 6.07) is 6.70. The fraction of sp³-hybridized carbons (Fsp3) is 0.850. The zero-order chi connectivity index (χ0) is 32.7. The quantitative estimate of drug-likeness (QED) is 0.0561. The fourth-order valence-electron chi connectivity index (χ4n) is 6.56. The van der Waals surface area contributed by atoms with E-state index in [1.807, 2.05) is 0 Å². The molecule has 0 saturated carbocycles. The van der Waals surface area contributed by atoms with Crippen LogP contribution in [0.4, 0.5) is 0 Å². The summed E-state index contributed by atoms with van der Waals surface area (Å²) in [7, 11) is 0. The summed E-state index contributed by atoms with van der Waals surface area (Å²) in [6.07, 6.45) is 43.5. The van der Waals surface area contributed by atoms with Crippen LogP contribution in [0.1, 0.15) is 218 Å². The number of unbranched alkanes of at least 4 members (excludes halogenated alkanes) is 28. The van der Waals surface area contributed by atoms with Crippen LogP contribution < -0.4 is 0 Å². The summed E-state index contributed by atoms with van der Waals surface area (Å²) >= 11 is 6.14. The predicted molar refractivity (Wildman–Crippen MR) is 208 cm³/mol. The predicted octanol–water partition coefficient (Wildman–Crippen LogP) is 14.8. The minimum Gasteiger partial charge on any atom is -0.337 e. The molecule has 0 saturated heterocycles. The van der Waals surface area contributed by atoms with Crippen molar-refractivity contribution in [1.29, 1.82) is 0 Å². The highest BCUT2D eigenvalue weighted by molar-refractivity contribution is 8.67. The summed E-state index contributed by atoms with van der Waals surface area (Å²) < 4.78 is 0. The minimum atomic E-state index is -3.32. The monoisotopic (exact) mass is 682 g/mol. The molecule has 0 spiro atoms. The molecule has 0 bridgehead atoms. The second kappa shape index (κ2) is 31.4. The molecule has 0 unspecified atom stereocenters. The van der Waals surface area contributed by atoms with Gasteiger partial charge in [0.05, 0.1) is 0 Å². The molecule has 0 amide bonds. The average Bonchev–Trinajstić information content (AvgIpc) is 3.01. The van der Waals surface area contributed by atoms with Crippen LogP contribution in [0.15, 0.2) is 23.1 Å². The molecule has 1 aromatic carbocycles. The normalized spacial score (nSPS) is 11.9. The van der Waals surface area contributed by atoms with Crippen molar-refractivity contribution in [3.63, 3.8) is 0 Å². The van der Waals surface area contributed by atoms with Gasteiger partial charge in [-0.25, -0.2) is 0 Å². The van der Waals surface area contributed by atoms with Crippen molar-refractivity contribution in [2.75, 3.05) is 0 Å². The van der Waals surface area contributed by atoms with Crippen LogP contribution in [0.25, 0.3) is 0 Å². The fourth-order valence-corrected chi connectivity index (χ4v) is 9.31. The first-order valence-corrected chi connectivity index (χ1v) is 24.0. The van der Waals surface area contributed by atoms with Crippen LogP contribution in [0.3, 0.4) is 0 Å². The molecule has 2 nitrogen and oxygen atoms in total. The number of aryl methyl sites for hydroxylation is 2. The third kappa shape index (κ3) is 28.8. The van der Waals surface area contributed by atoms with Crippen LogP contribution in [-0.4, -0.2) is 9.79 Å². The number of rotatable bonds is 34. The molecule has 264 valence electrons. The van der Waals surface area contributed by atoms with Gasteiger partial charge >= 0.3 is 0 Å². The Balaban J connectivity index is 2.13. The Morgan fingerprint density at radius 1 is 0.467 bits per heavy atom. The summed E-state index contributed by atoms with van der Waals surface area (Å²) in [6.45, 7) is 4.58. The van der Waals surface area contributed by atoms with E-state index in [0.29, 0.717) is 0 Å². The van der Waals surface area contributed by atoms with Gasteiger partial charge in [0.1, 0.15) is 0 Å². The van der Waals surface area contributed by atoms with Crippen LogP contribution >= 0.6 is 17.1 Å². The lowest BCUT2D eigenvalue weighted by Gasteiger charge is -2.14. The highest BCUT2D eigenvalue weighted by Gasteiger charge is 2.14. The van der Waals surface area contributed by atoms with Crippen molar-refractivity contribution in [2.24, 2.45) is 0 Å². The Labute approximate surface area is 291 Å². The van der Waals surface area contributed by atoms with E-state index in [0.717, 1.165) is 29.1 Å². The molecular weight excluding hydrogens is 608 g/mol. The standard InChI is InChI=1S/C40H75O2PS2/c1-3-5-7-9-11-13-15-17-19-21-23-25-27-29-31-33-38-35-36-39(40(37-38)45-43(41,42)44)34-32-30-28-26-24-22-20-18-16-14-12-10-8-6-4-2/h35-37H,3-34H2,1-2H3,(H2,41,42,44). The third-order valence-electron chi connectivity index (χ3n) is 9.47. The van der Waals surface area contributed by atoms with Crippen molar-refractivity contribution in [3.05, 3.63) is 29.3 Å². The molecule has 0 atom stereocenters. The lowest BCUT2D eigenvalue weighted by atomic mass is 10.00. The van der Waals surface area contributed by atoms with Crippen LogP contribution in [0.5, 0.6) is 0 Å². The number of benzene rings is 1. The second-order valence-corrected chi connectivity index (χ2v) is 19.8. The minimum absolute atomic E-state index is 1.01. The van der Waals surface area contributed by atoms with Crippen molar-refractivity contribution < 1.29 is 9.79 Å². The van der Waals surface area contributed by atoms with Crippen molar-refractivity contribution >= 4 is 28.9 Å². The highest BCUT2D eigenvalue weighted by Crippen LogP contribution is 2.56. The zero-order valence-electron chi connectivity index (χ0n) is 30.0. The molecule has 0 aliphatic carbocycles. The Bertz CT molecular complexity index is 825. The van der Waals surface area contributed by atoms with Gasteiger partial charge in [-0.05, 0) is 66.1 Å².